The Morgan fingerprint density at radius 2 is 2.00 bits per heavy atom. The van der Waals surface area contributed by atoms with E-state index in [0.717, 1.165) is 18.2 Å². The molecule has 6 heteroatoms. The van der Waals surface area contributed by atoms with Crippen molar-refractivity contribution in [3.8, 4) is 0 Å². The molecule has 2 N–H and O–H groups in total. The Hall–Kier alpha value is -1.69. The van der Waals surface area contributed by atoms with E-state index in [9.17, 15) is 13.6 Å². The van der Waals surface area contributed by atoms with Gasteiger partial charge in [0.2, 0.25) is 0 Å². The van der Waals surface area contributed by atoms with Crippen molar-refractivity contribution in [2.24, 2.45) is 0 Å². The van der Waals surface area contributed by atoms with Gasteiger partial charge in [-0.1, -0.05) is 6.92 Å². The molecule has 0 saturated heterocycles. The van der Waals surface area contributed by atoms with Crippen LogP contribution in [0.3, 0.4) is 0 Å². The van der Waals surface area contributed by atoms with Gasteiger partial charge in [0.25, 0.3) is 0 Å². The fourth-order valence-electron chi connectivity index (χ4n) is 1.83. The summed E-state index contributed by atoms with van der Waals surface area (Å²) >= 11 is 0. The number of amides is 1. The summed E-state index contributed by atoms with van der Waals surface area (Å²) in [5, 5.41) is 5.76. The molecule has 1 atom stereocenters. The van der Waals surface area contributed by atoms with Crippen molar-refractivity contribution in [3.63, 3.8) is 0 Å². The SMILES string of the molecule is CCC(CNCc1cc(F)ccc1F)NC(=O)OC(C)(C)C. The lowest BCUT2D eigenvalue weighted by atomic mass is 10.2. The molecule has 1 unspecified atom stereocenters. The Bertz CT molecular complexity index is 501. The highest BCUT2D eigenvalue weighted by molar-refractivity contribution is 5.68. The number of ether oxygens (including phenoxy) is 1. The average molecular weight is 314 g/mol. The van der Waals surface area contributed by atoms with Gasteiger partial charge < -0.3 is 15.4 Å². The Morgan fingerprint density at radius 1 is 1.32 bits per heavy atom. The molecular weight excluding hydrogens is 290 g/mol. The molecule has 0 bridgehead atoms. The van der Waals surface area contributed by atoms with Gasteiger partial charge in [-0.15, -0.1) is 0 Å². The number of alkyl carbamates (subject to hydrolysis) is 1. The molecule has 0 aliphatic carbocycles. The van der Waals surface area contributed by atoms with Gasteiger partial charge in [-0.25, -0.2) is 13.6 Å². The molecule has 0 saturated carbocycles. The van der Waals surface area contributed by atoms with Crippen molar-refractivity contribution < 1.29 is 18.3 Å². The van der Waals surface area contributed by atoms with E-state index in [2.05, 4.69) is 10.6 Å². The van der Waals surface area contributed by atoms with Gasteiger partial charge in [0, 0.05) is 24.7 Å². The smallest absolute Gasteiger partial charge is 0.407 e. The highest BCUT2D eigenvalue weighted by Gasteiger charge is 2.18. The fraction of sp³-hybridized carbons (Fsp3) is 0.562. The first-order valence-corrected chi connectivity index (χ1v) is 7.35. The summed E-state index contributed by atoms with van der Waals surface area (Å²) in [6.45, 7) is 7.92. The Balaban J connectivity index is 2.44. The molecule has 0 spiro atoms. The molecule has 1 rings (SSSR count). The van der Waals surface area contributed by atoms with Crippen molar-refractivity contribution in [2.75, 3.05) is 6.54 Å². The van der Waals surface area contributed by atoms with E-state index < -0.39 is 23.3 Å². The minimum Gasteiger partial charge on any atom is -0.444 e. The third-order valence-electron chi connectivity index (χ3n) is 2.93. The van der Waals surface area contributed by atoms with Crippen LogP contribution in [0.5, 0.6) is 0 Å². The zero-order valence-electron chi connectivity index (χ0n) is 13.5. The summed E-state index contributed by atoms with van der Waals surface area (Å²) in [5.74, 6) is -0.931. The monoisotopic (exact) mass is 314 g/mol. The van der Waals surface area contributed by atoms with Crippen LogP contribution in [0, 0.1) is 11.6 Å². The highest BCUT2D eigenvalue weighted by Crippen LogP contribution is 2.09. The number of hydrogen-bond acceptors (Lipinski definition) is 3. The van der Waals surface area contributed by atoms with Gasteiger partial charge >= 0.3 is 6.09 Å². The number of carbonyl (C=O) groups is 1. The van der Waals surface area contributed by atoms with Crippen LogP contribution >= 0.6 is 0 Å². The molecule has 1 aromatic rings. The number of nitrogens with one attached hydrogen (secondary N) is 2. The lowest BCUT2D eigenvalue weighted by molar-refractivity contribution is 0.0502. The van der Waals surface area contributed by atoms with Gasteiger partial charge in [-0.2, -0.15) is 0 Å². The van der Waals surface area contributed by atoms with Gasteiger partial charge in [0.05, 0.1) is 0 Å². The largest absolute Gasteiger partial charge is 0.444 e. The topological polar surface area (TPSA) is 50.4 Å². The zero-order valence-corrected chi connectivity index (χ0v) is 13.5. The third kappa shape index (κ3) is 6.85. The van der Waals surface area contributed by atoms with Crippen molar-refractivity contribution in [1.82, 2.24) is 10.6 Å². The number of hydrogen-bond donors (Lipinski definition) is 2. The maximum atomic E-state index is 13.5. The van der Waals surface area contributed by atoms with Crippen LogP contribution in [0.2, 0.25) is 0 Å². The molecule has 4 nitrogen and oxygen atoms in total. The second kappa shape index (κ2) is 8.08. The quantitative estimate of drug-likeness (QED) is 0.846. The molecule has 0 aromatic heterocycles. The molecule has 0 heterocycles. The van der Waals surface area contributed by atoms with Crippen molar-refractivity contribution in [2.45, 2.75) is 52.3 Å². The lowest BCUT2D eigenvalue weighted by Gasteiger charge is -2.23. The van der Waals surface area contributed by atoms with Crippen molar-refractivity contribution in [3.05, 3.63) is 35.4 Å². The van der Waals surface area contributed by atoms with E-state index in [0.29, 0.717) is 13.0 Å². The normalized spacial score (nSPS) is 12.8. The van der Waals surface area contributed by atoms with E-state index in [1.807, 2.05) is 6.92 Å². The van der Waals surface area contributed by atoms with E-state index >= 15 is 0 Å². The lowest BCUT2D eigenvalue weighted by Crippen LogP contribution is -2.43. The molecule has 0 fully saturated rings. The number of halogens is 2. The van der Waals surface area contributed by atoms with E-state index in [1.165, 1.54) is 0 Å². The van der Waals surface area contributed by atoms with Crippen LogP contribution in [0.1, 0.15) is 39.7 Å². The molecule has 1 aromatic carbocycles. The minimum absolute atomic E-state index is 0.147. The summed E-state index contributed by atoms with van der Waals surface area (Å²) in [6.07, 6.45) is 0.204. The average Bonchev–Trinajstić information content (AvgIpc) is 2.39. The van der Waals surface area contributed by atoms with Crippen LogP contribution in [-0.4, -0.2) is 24.3 Å². The Labute approximate surface area is 130 Å². The van der Waals surface area contributed by atoms with Gasteiger partial charge in [-0.05, 0) is 45.4 Å². The van der Waals surface area contributed by atoms with E-state index in [-0.39, 0.29) is 18.2 Å². The van der Waals surface area contributed by atoms with Crippen molar-refractivity contribution >= 4 is 6.09 Å². The number of carbonyl (C=O) groups excluding carboxylic acids is 1. The molecule has 124 valence electrons. The van der Waals surface area contributed by atoms with Crippen LogP contribution in [0.15, 0.2) is 18.2 Å². The third-order valence-corrected chi connectivity index (χ3v) is 2.93. The first kappa shape index (κ1) is 18.4. The number of rotatable bonds is 6. The van der Waals surface area contributed by atoms with Gasteiger partial charge in [0.1, 0.15) is 17.2 Å². The van der Waals surface area contributed by atoms with Crippen LogP contribution in [-0.2, 0) is 11.3 Å². The summed E-state index contributed by atoms with van der Waals surface area (Å²) in [4.78, 5) is 11.7. The highest BCUT2D eigenvalue weighted by atomic mass is 19.1. The fourth-order valence-corrected chi connectivity index (χ4v) is 1.83. The van der Waals surface area contributed by atoms with Gasteiger partial charge in [-0.3, -0.25) is 0 Å². The molecule has 0 aliphatic heterocycles. The molecular formula is C16H24F2N2O2. The molecule has 0 aliphatic rings. The maximum absolute atomic E-state index is 13.5. The second-order valence-electron chi connectivity index (χ2n) is 6.12. The Morgan fingerprint density at radius 3 is 2.59 bits per heavy atom. The van der Waals surface area contributed by atoms with E-state index in [4.69, 9.17) is 4.74 Å². The maximum Gasteiger partial charge on any atom is 0.407 e. The molecule has 0 radical (unpaired) electrons. The van der Waals surface area contributed by atoms with Crippen LogP contribution in [0.4, 0.5) is 13.6 Å². The molecule has 1 amide bonds. The van der Waals surface area contributed by atoms with Gasteiger partial charge in [0.15, 0.2) is 0 Å². The minimum atomic E-state index is -0.555. The predicted molar refractivity (Wildman–Crippen MR) is 81.5 cm³/mol. The number of benzene rings is 1. The standard InChI is InChI=1S/C16H24F2N2O2/c1-5-13(20-15(21)22-16(2,3)4)10-19-9-11-8-12(17)6-7-14(11)18/h6-8,13,19H,5,9-10H2,1-4H3,(H,20,21). The predicted octanol–water partition coefficient (Wildman–Crippen LogP) is 3.36. The first-order valence-electron chi connectivity index (χ1n) is 7.35. The summed E-state index contributed by atoms with van der Waals surface area (Å²) in [7, 11) is 0. The summed E-state index contributed by atoms with van der Waals surface area (Å²) < 4.78 is 31.7. The zero-order chi connectivity index (χ0) is 16.8. The van der Waals surface area contributed by atoms with Crippen LogP contribution in [0.25, 0.3) is 0 Å². The first-order chi connectivity index (χ1) is 10.2. The van der Waals surface area contributed by atoms with E-state index in [1.54, 1.807) is 20.8 Å². The Kier molecular flexibility index (Phi) is 6.74. The van der Waals surface area contributed by atoms with Crippen molar-refractivity contribution in [1.29, 1.82) is 0 Å². The summed E-state index contributed by atoms with van der Waals surface area (Å²) in [5.41, 5.74) is -0.298. The summed E-state index contributed by atoms with van der Waals surface area (Å²) in [6, 6.07) is 3.19. The molecule has 22 heavy (non-hydrogen) atoms. The van der Waals surface area contributed by atoms with Crippen LogP contribution < -0.4 is 10.6 Å². The second-order valence-corrected chi connectivity index (χ2v) is 6.12.